The molecule has 0 spiro atoms. The monoisotopic (exact) mass is 545 g/mol. The van der Waals surface area contributed by atoms with Crippen molar-refractivity contribution in [1.82, 2.24) is 34.2 Å². The number of amides is 1. The number of nitrogens with one attached hydrogen (secondary N) is 2. The van der Waals surface area contributed by atoms with Crippen LogP contribution in [0.4, 0.5) is 16.4 Å². The normalized spacial score (nSPS) is 16.0. The van der Waals surface area contributed by atoms with Crippen LogP contribution < -0.4 is 11.1 Å². The third-order valence-corrected chi connectivity index (χ3v) is 8.01. The molecule has 2 aromatic carbocycles. The van der Waals surface area contributed by atoms with E-state index in [-0.39, 0.29) is 12.0 Å². The number of anilines is 2. The van der Waals surface area contributed by atoms with E-state index >= 15 is 0 Å². The van der Waals surface area contributed by atoms with Crippen LogP contribution in [0.25, 0.3) is 44.3 Å². The summed E-state index contributed by atoms with van der Waals surface area (Å²) in [5, 5.41) is 10.6. The molecule has 206 valence electrons. The Morgan fingerprint density at radius 2 is 1.88 bits per heavy atom. The lowest BCUT2D eigenvalue weighted by Gasteiger charge is -2.29. The predicted molar refractivity (Wildman–Crippen MR) is 162 cm³/mol. The fraction of sp³-hybridized carbons (Fsp3) is 0.226. The third-order valence-electron chi connectivity index (χ3n) is 8.01. The molecule has 4 aromatic heterocycles. The van der Waals surface area contributed by atoms with E-state index in [1.54, 1.807) is 4.57 Å². The van der Waals surface area contributed by atoms with Gasteiger partial charge >= 0.3 is 6.03 Å². The quantitative estimate of drug-likeness (QED) is 0.262. The van der Waals surface area contributed by atoms with E-state index in [0.29, 0.717) is 23.1 Å². The van der Waals surface area contributed by atoms with Gasteiger partial charge in [-0.15, -0.1) is 0 Å². The molecule has 7 rings (SSSR count). The van der Waals surface area contributed by atoms with Crippen LogP contribution in [0.3, 0.4) is 0 Å². The van der Waals surface area contributed by atoms with Crippen molar-refractivity contribution >= 4 is 39.5 Å². The molecular formula is C31H31N9O. The molecule has 1 fully saturated rings. The highest BCUT2D eigenvalue weighted by molar-refractivity contribution is 5.99. The summed E-state index contributed by atoms with van der Waals surface area (Å²) < 4.78 is 3.64. The van der Waals surface area contributed by atoms with Gasteiger partial charge in [0.25, 0.3) is 0 Å². The smallest absolute Gasteiger partial charge is 0.330 e. The summed E-state index contributed by atoms with van der Waals surface area (Å²) in [7, 11) is 2.16. The molecule has 1 atom stereocenters. The zero-order valence-corrected chi connectivity index (χ0v) is 23.0. The number of hydrogen-bond donors (Lipinski definition) is 3. The second-order valence-electron chi connectivity index (χ2n) is 10.8. The Bertz CT molecular complexity index is 1880. The van der Waals surface area contributed by atoms with Crippen molar-refractivity contribution in [2.24, 2.45) is 0 Å². The Kier molecular flexibility index (Phi) is 6.05. The number of H-pyrrole nitrogens is 1. The fourth-order valence-electron chi connectivity index (χ4n) is 5.83. The van der Waals surface area contributed by atoms with Crippen molar-refractivity contribution in [1.29, 1.82) is 0 Å². The predicted octanol–water partition coefficient (Wildman–Crippen LogP) is 5.68. The van der Waals surface area contributed by atoms with Crippen LogP contribution in [0.1, 0.15) is 24.4 Å². The molecule has 1 unspecified atom stereocenters. The van der Waals surface area contributed by atoms with Crippen molar-refractivity contribution in [3.8, 4) is 22.5 Å². The number of carbonyl (C=O) groups excluding carboxylic acids is 1. The molecule has 41 heavy (non-hydrogen) atoms. The Labute approximate surface area is 236 Å². The molecule has 1 amide bonds. The number of likely N-dealkylation sites (N-methyl/N-ethyl adjacent to an activating group) is 1. The molecule has 5 heterocycles. The number of aromatic amines is 1. The lowest BCUT2D eigenvalue weighted by Crippen LogP contribution is -2.33. The second-order valence-corrected chi connectivity index (χ2v) is 10.8. The highest BCUT2D eigenvalue weighted by Gasteiger charge is 2.21. The summed E-state index contributed by atoms with van der Waals surface area (Å²) in [5.74, 6) is 0.176. The molecule has 1 saturated heterocycles. The van der Waals surface area contributed by atoms with Gasteiger partial charge in [0.2, 0.25) is 5.95 Å². The minimum atomic E-state index is -0.237. The molecule has 6 aromatic rings. The maximum atomic E-state index is 13.1. The van der Waals surface area contributed by atoms with Gasteiger partial charge in [-0.25, -0.2) is 9.78 Å². The minimum Gasteiger partial charge on any atom is -0.368 e. The highest BCUT2D eigenvalue weighted by atomic mass is 16.2. The molecule has 0 radical (unpaired) electrons. The maximum absolute atomic E-state index is 13.1. The summed E-state index contributed by atoms with van der Waals surface area (Å²) in [6.07, 6.45) is 9.93. The number of rotatable bonds is 4. The first-order chi connectivity index (χ1) is 19.9. The molecule has 1 aliphatic rings. The number of nitrogens with zero attached hydrogens (tertiary/aromatic N) is 6. The van der Waals surface area contributed by atoms with Crippen molar-refractivity contribution in [2.75, 3.05) is 31.2 Å². The maximum Gasteiger partial charge on any atom is 0.330 e. The lowest BCUT2D eigenvalue weighted by atomic mass is 10.0. The van der Waals surface area contributed by atoms with Gasteiger partial charge in [-0.1, -0.05) is 36.4 Å². The largest absolute Gasteiger partial charge is 0.368 e. The van der Waals surface area contributed by atoms with Crippen molar-refractivity contribution in [2.45, 2.75) is 25.8 Å². The summed E-state index contributed by atoms with van der Waals surface area (Å²) in [6, 6.07) is 15.9. The number of fused-ring (bicyclic) bond motifs is 2. The van der Waals surface area contributed by atoms with E-state index in [4.69, 9.17) is 5.73 Å². The van der Waals surface area contributed by atoms with E-state index in [9.17, 15) is 4.79 Å². The fourth-order valence-corrected chi connectivity index (χ4v) is 5.83. The van der Waals surface area contributed by atoms with E-state index in [1.165, 1.54) is 6.42 Å². The van der Waals surface area contributed by atoms with Crippen LogP contribution >= 0.6 is 0 Å². The number of aromatic nitrogens is 6. The number of carbonyl (C=O) groups is 1. The number of hydrogen-bond acceptors (Lipinski definition) is 6. The van der Waals surface area contributed by atoms with Crippen LogP contribution in [-0.4, -0.2) is 60.4 Å². The van der Waals surface area contributed by atoms with Crippen LogP contribution in [0.15, 0.2) is 73.3 Å². The van der Waals surface area contributed by atoms with Crippen molar-refractivity contribution in [3.63, 3.8) is 0 Å². The van der Waals surface area contributed by atoms with Crippen LogP contribution in [0.5, 0.6) is 0 Å². The number of piperidine rings is 1. The SMILES string of the molecule is Cc1c(NC(=O)n2cc3ccccc3c2)cccc1-c1nc(N)nc2[nH]c(-c3cnn(C4CCCN(C)C4)c3)cc12. The number of benzene rings is 2. The van der Waals surface area contributed by atoms with E-state index in [2.05, 4.69) is 54.3 Å². The average molecular weight is 546 g/mol. The molecule has 0 saturated carbocycles. The molecule has 10 nitrogen and oxygen atoms in total. The van der Waals surface area contributed by atoms with E-state index in [0.717, 1.165) is 58.1 Å². The third kappa shape index (κ3) is 4.62. The Hall–Kier alpha value is -4.96. The molecule has 0 bridgehead atoms. The summed E-state index contributed by atoms with van der Waals surface area (Å²) in [4.78, 5) is 28.0. The average Bonchev–Trinajstić information content (AvgIpc) is 3.72. The van der Waals surface area contributed by atoms with Gasteiger partial charge in [-0.3, -0.25) is 9.25 Å². The Morgan fingerprint density at radius 1 is 1.07 bits per heavy atom. The lowest BCUT2D eigenvalue weighted by molar-refractivity contribution is 0.202. The first-order valence-electron chi connectivity index (χ1n) is 13.8. The molecule has 0 aliphatic carbocycles. The van der Waals surface area contributed by atoms with Crippen LogP contribution in [0, 0.1) is 6.92 Å². The van der Waals surface area contributed by atoms with Crippen molar-refractivity contribution in [3.05, 3.63) is 78.9 Å². The number of nitrogen functional groups attached to an aromatic ring is 1. The molecule has 4 N–H and O–H groups in total. The molecular weight excluding hydrogens is 514 g/mol. The number of likely N-dealkylation sites (tertiary alicyclic amines) is 1. The van der Waals surface area contributed by atoms with Gasteiger partial charge in [0, 0.05) is 47.3 Å². The Morgan fingerprint density at radius 3 is 2.66 bits per heavy atom. The zero-order chi connectivity index (χ0) is 28.1. The topological polar surface area (TPSA) is 123 Å². The van der Waals surface area contributed by atoms with Gasteiger partial charge < -0.3 is 20.9 Å². The van der Waals surface area contributed by atoms with E-state index in [1.807, 2.05) is 68.0 Å². The minimum absolute atomic E-state index is 0.176. The van der Waals surface area contributed by atoms with Gasteiger partial charge in [0.1, 0.15) is 5.65 Å². The van der Waals surface area contributed by atoms with Gasteiger partial charge in [-0.2, -0.15) is 10.1 Å². The molecule has 1 aliphatic heterocycles. The second kappa shape index (κ2) is 9.90. The summed E-state index contributed by atoms with van der Waals surface area (Å²) >= 11 is 0. The van der Waals surface area contributed by atoms with Gasteiger partial charge in [0.05, 0.1) is 23.6 Å². The highest BCUT2D eigenvalue weighted by Crippen LogP contribution is 2.35. The van der Waals surface area contributed by atoms with Gasteiger partial charge in [-0.05, 0) is 61.8 Å². The van der Waals surface area contributed by atoms with E-state index < -0.39 is 0 Å². The first kappa shape index (κ1) is 25.0. The Balaban J connectivity index is 1.22. The first-order valence-corrected chi connectivity index (χ1v) is 13.8. The number of nitrogens with two attached hydrogens (primary N) is 1. The van der Waals surface area contributed by atoms with Crippen molar-refractivity contribution < 1.29 is 4.79 Å². The molecule has 10 heteroatoms. The standard InChI is InChI=1S/C31H31N9O/c1-19-24(10-5-11-26(19)35-31(41)39-15-20-7-3-4-8-21(20)16-39)28-25-13-27(34-29(25)37-30(32)36-28)22-14-33-40(17-22)23-9-6-12-38(2)18-23/h3-5,7-8,10-11,13-17,23H,6,9,12,18H2,1-2H3,(H,35,41)(H3,32,34,36,37). The zero-order valence-electron chi connectivity index (χ0n) is 23.0. The van der Waals surface area contributed by atoms with Gasteiger partial charge in [0.15, 0.2) is 0 Å². The van der Waals surface area contributed by atoms with Crippen LogP contribution in [0.2, 0.25) is 0 Å². The summed E-state index contributed by atoms with van der Waals surface area (Å²) in [6.45, 7) is 4.09. The summed E-state index contributed by atoms with van der Waals surface area (Å²) in [5.41, 5.74) is 11.9. The van der Waals surface area contributed by atoms with Crippen LogP contribution in [-0.2, 0) is 0 Å².